The van der Waals surface area contributed by atoms with Crippen LogP contribution in [-0.4, -0.2) is 25.7 Å². The van der Waals surface area contributed by atoms with Crippen molar-refractivity contribution in [3.05, 3.63) is 54.7 Å². The van der Waals surface area contributed by atoms with Crippen LogP contribution in [-0.2, 0) is 10.0 Å². The summed E-state index contributed by atoms with van der Waals surface area (Å²) in [6.07, 6.45) is 2.66. The molecule has 0 atom stereocenters. The van der Waals surface area contributed by atoms with Crippen LogP contribution in [0.5, 0.6) is 0 Å². The second kappa shape index (κ2) is 6.25. The molecule has 0 aliphatic rings. The van der Waals surface area contributed by atoms with Gasteiger partial charge in [0.2, 0.25) is 10.0 Å². The van der Waals surface area contributed by atoms with Gasteiger partial charge in [-0.1, -0.05) is 18.2 Å². The number of nitrogens with one attached hydrogen (secondary N) is 4. The van der Waals surface area contributed by atoms with Gasteiger partial charge in [0.1, 0.15) is 0 Å². The van der Waals surface area contributed by atoms with Crippen LogP contribution >= 0.6 is 0 Å². The summed E-state index contributed by atoms with van der Waals surface area (Å²) in [6, 6.07) is 13.9. The largest absolute Gasteiger partial charge is 0.359 e. The number of amides is 2. The number of benzene rings is 2. The van der Waals surface area contributed by atoms with Crippen molar-refractivity contribution in [2.75, 3.05) is 21.6 Å². The smallest absolute Gasteiger partial charge is 0.323 e. The van der Waals surface area contributed by atoms with E-state index in [9.17, 15) is 13.2 Å². The molecule has 0 bridgehead atoms. The molecule has 1 aromatic heterocycles. The molecule has 124 valence electrons. The minimum atomic E-state index is -3.35. The Balaban J connectivity index is 1.75. The predicted molar refractivity (Wildman–Crippen MR) is 95.8 cm³/mol. The molecule has 3 aromatic rings. The fourth-order valence-electron chi connectivity index (χ4n) is 2.30. The predicted octanol–water partition coefficient (Wildman–Crippen LogP) is 3.18. The summed E-state index contributed by atoms with van der Waals surface area (Å²) >= 11 is 0. The highest BCUT2D eigenvalue weighted by Gasteiger charge is 2.09. The number of hydrogen-bond acceptors (Lipinski definition) is 3. The van der Waals surface area contributed by atoms with Gasteiger partial charge < -0.3 is 15.6 Å². The molecule has 4 N–H and O–H groups in total. The third-order valence-corrected chi connectivity index (χ3v) is 3.86. The van der Waals surface area contributed by atoms with E-state index in [1.807, 2.05) is 18.2 Å². The number of urea groups is 1. The number of aromatic amines is 1. The first-order chi connectivity index (χ1) is 11.4. The molecule has 0 saturated carbocycles. The van der Waals surface area contributed by atoms with Crippen LogP contribution in [0.1, 0.15) is 0 Å². The second-order valence-corrected chi connectivity index (χ2v) is 7.03. The highest BCUT2D eigenvalue weighted by molar-refractivity contribution is 7.92. The molecular formula is C16H16N4O3S. The third kappa shape index (κ3) is 3.85. The molecule has 24 heavy (non-hydrogen) atoms. The summed E-state index contributed by atoms with van der Waals surface area (Å²) < 4.78 is 25.1. The van der Waals surface area contributed by atoms with Crippen LogP contribution in [0.15, 0.2) is 54.7 Å². The first kappa shape index (κ1) is 15.9. The molecule has 0 saturated heterocycles. The number of aromatic nitrogens is 1. The number of H-pyrrole nitrogens is 1. The lowest BCUT2D eigenvalue weighted by atomic mass is 10.2. The van der Waals surface area contributed by atoms with E-state index >= 15 is 0 Å². The van der Waals surface area contributed by atoms with Crippen molar-refractivity contribution >= 4 is 44.0 Å². The van der Waals surface area contributed by atoms with E-state index in [-0.39, 0.29) is 6.03 Å². The maximum atomic E-state index is 12.0. The Morgan fingerprint density at radius 2 is 1.71 bits per heavy atom. The highest BCUT2D eigenvalue weighted by atomic mass is 32.2. The topological polar surface area (TPSA) is 103 Å². The number of carbonyl (C=O) groups excluding carboxylic acids is 1. The van der Waals surface area contributed by atoms with Crippen molar-refractivity contribution in [3.63, 3.8) is 0 Å². The summed E-state index contributed by atoms with van der Waals surface area (Å²) in [7, 11) is -3.35. The number of rotatable bonds is 4. The van der Waals surface area contributed by atoms with Crippen LogP contribution in [0, 0.1) is 0 Å². The second-order valence-electron chi connectivity index (χ2n) is 5.28. The van der Waals surface area contributed by atoms with Gasteiger partial charge in [0, 0.05) is 28.5 Å². The molecule has 0 aliphatic heterocycles. The van der Waals surface area contributed by atoms with E-state index in [1.54, 1.807) is 36.5 Å². The third-order valence-electron chi connectivity index (χ3n) is 3.27. The van der Waals surface area contributed by atoms with E-state index < -0.39 is 10.0 Å². The molecule has 0 fully saturated rings. The minimum Gasteiger partial charge on any atom is -0.359 e. The molecule has 0 radical (unpaired) electrons. The standard InChI is InChI=1S/C16H16N4O3S/c1-24(22,23)20-15-10-17-14-9-12(7-8-13(14)15)19-16(21)18-11-5-3-2-4-6-11/h2-10,17,20H,1H3,(H2,18,19,21). The van der Waals surface area contributed by atoms with E-state index in [0.29, 0.717) is 22.6 Å². The van der Waals surface area contributed by atoms with Crippen LogP contribution < -0.4 is 15.4 Å². The van der Waals surface area contributed by atoms with E-state index in [0.717, 1.165) is 11.6 Å². The van der Waals surface area contributed by atoms with Gasteiger partial charge >= 0.3 is 6.03 Å². The Morgan fingerprint density at radius 3 is 2.42 bits per heavy atom. The van der Waals surface area contributed by atoms with Gasteiger partial charge in [-0.25, -0.2) is 13.2 Å². The first-order valence-electron chi connectivity index (χ1n) is 7.13. The Morgan fingerprint density at radius 1 is 1.00 bits per heavy atom. The number of fused-ring (bicyclic) bond motifs is 1. The van der Waals surface area contributed by atoms with Crippen LogP contribution in [0.2, 0.25) is 0 Å². The number of anilines is 3. The fourth-order valence-corrected chi connectivity index (χ4v) is 2.87. The Hall–Kier alpha value is -3.00. The summed E-state index contributed by atoms with van der Waals surface area (Å²) in [5.74, 6) is 0. The first-order valence-corrected chi connectivity index (χ1v) is 9.02. The monoisotopic (exact) mass is 344 g/mol. The minimum absolute atomic E-state index is 0.360. The summed E-state index contributed by atoms with van der Waals surface area (Å²) in [6.45, 7) is 0. The Bertz CT molecular complexity index is 981. The summed E-state index contributed by atoms with van der Waals surface area (Å²) in [4.78, 5) is 15.0. The lowest BCUT2D eigenvalue weighted by Crippen LogP contribution is -2.19. The molecule has 2 amide bonds. The van der Waals surface area contributed by atoms with Gasteiger partial charge in [-0.2, -0.15) is 0 Å². The van der Waals surface area contributed by atoms with Crippen LogP contribution in [0.4, 0.5) is 21.9 Å². The van der Waals surface area contributed by atoms with Crippen molar-refractivity contribution in [3.8, 4) is 0 Å². The van der Waals surface area contributed by atoms with Crippen molar-refractivity contribution in [1.29, 1.82) is 0 Å². The molecule has 0 unspecified atom stereocenters. The van der Waals surface area contributed by atoms with Gasteiger partial charge in [-0.05, 0) is 30.3 Å². The molecule has 7 nitrogen and oxygen atoms in total. The van der Waals surface area contributed by atoms with Gasteiger partial charge in [-0.3, -0.25) is 4.72 Å². The average molecular weight is 344 g/mol. The maximum Gasteiger partial charge on any atom is 0.323 e. The SMILES string of the molecule is CS(=O)(=O)Nc1c[nH]c2cc(NC(=O)Nc3ccccc3)ccc12. The molecule has 1 heterocycles. The summed E-state index contributed by atoms with van der Waals surface area (Å²) in [5, 5.41) is 6.17. The number of sulfonamides is 1. The molecule has 2 aromatic carbocycles. The van der Waals surface area contributed by atoms with Crippen LogP contribution in [0.3, 0.4) is 0 Å². The van der Waals surface area contributed by atoms with Gasteiger partial charge in [0.25, 0.3) is 0 Å². The zero-order valence-electron chi connectivity index (χ0n) is 12.8. The molecule has 3 rings (SSSR count). The van der Waals surface area contributed by atoms with E-state index in [1.165, 1.54) is 0 Å². The van der Waals surface area contributed by atoms with E-state index in [4.69, 9.17) is 0 Å². The summed E-state index contributed by atoms with van der Waals surface area (Å²) in [5.41, 5.74) is 2.45. The maximum absolute atomic E-state index is 12.0. The molecular weight excluding hydrogens is 328 g/mol. The quantitative estimate of drug-likeness (QED) is 0.584. The number of carbonyl (C=O) groups is 1. The number of para-hydroxylation sites is 1. The average Bonchev–Trinajstić information content (AvgIpc) is 2.88. The lowest BCUT2D eigenvalue weighted by molar-refractivity contribution is 0.262. The highest BCUT2D eigenvalue weighted by Crippen LogP contribution is 2.26. The zero-order valence-corrected chi connectivity index (χ0v) is 13.6. The van der Waals surface area contributed by atoms with Crippen LogP contribution in [0.25, 0.3) is 10.9 Å². The van der Waals surface area contributed by atoms with Gasteiger partial charge in [0.15, 0.2) is 0 Å². The van der Waals surface area contributed by atoms with Crippen molar-refractivity contribution in [2.45, 2.75) is 0 Å². The zero-order chi connectivity index (χ0) is 17.2. The van der Waals surface area contributed by atoms with Crippen molar-refractivity contribution in [2.24, 2.45) is 0 Å². The normalized spacial score (nSPS) is 11.2. The number of hydrogen-bond donors (Lipinski definition) is 4. The molecule has 8 heteroatoms. The van der Waals surface area contributed by atoms with Gasteiger partial charge in [-0.15, -0.1) is 0 Å². The van der Waals surface area contributed by atoms with Gasteiger partial charge in [0.05, 0.1) is 11.9 Å². The van der Waals surface area contributed by atoms with E-state index in [2.05, 4.69) is 20.3 Å². The van der Waals surface area contributed by atoms with Crippen molar-refractivity contribution in [1.82, 2.24) is 4.98 Å². The molecule has 0 spiro atoms. The van der Waals surface area contributed by atoms with Crippen molar-refractivity contribution < 1.29 is 13.2 Å². The fraction of sp³-hybridized carbons (Fsp3) is 0.0625. The Labute approximate surface area is 139 Å². The molecule has 0 aliphatic carbocycles. The Kier molecular flexibility index (Phi) is 4.13. The lowest BCUT2D eigenvalue weighted by Gasteiger charge is -2.08.